The normalized spacial score (nSPS) is 12.0. The van der Waals surface area contributed by atoms with Crippen LogP contribution in [0.25, 0.3) is 55.2 Å². The molecule has 9 nitrogen and oxygen atoms in total. The van der Waals surface area contributed by atoms with E-state index in [1.165, 1.54) is 0 Å². The summed E-state index contributed by atoms with van der Waals surface area (Å²) in [5.41, 5.74) is 7.89. The maximum absolute atomic E-state index is 4.97. The van der Waals surface area contributed by atoms with Crippen LogP contribution >= 0.6 is 0 Å². The van der Waals surface area contributed by atoms with Gasteiger partial charge in [0.1, 0.15) is 11.3 Å². The summed E-state index contributed by atoms with van der Waals surface area (Å²) in [7, 11) is 2.20. The fraction of sp³-hybridized carbons (Fsp3) is 0.222. The second-order valence-electron chi connectivity index (χ2n) is 11.6. The van der Waals surface area contributed by atoms with Crippen molar-refractivity contribution < 1.29 is 0 Å². The number of imidazole rings is 2. The molecule has 0 radical (unpaired) electrons. The Hall–Kier alpha value is -5.28. The van der Waals surface area contributed by atoms with Crippen molar-refractivity contribution in [3.63, 3.8) is 0 Å². The summed E-state index contributed by atoms with van der Waals surface area (Å²) in [5, 5.41) is 9.34. The summed E-state index contributed by atoms with van der Waals surface area (Å²) in [4.78, 5) is 22.2. The van der Waals surface area contributed by atoms with Crippen LogP contribution in [0.2, 0.25) is 0 Å². The Balaban J connectivity index is 0.869. The monoisotopic (exact) mass is 593 g/mol. The van der Waals surface area contributed by atoms with Gasteiger partial charge in [0, 0.05) is 23.9 Å². The third-order valence-electron chi connectivity index (χ3n) is 8.54. The van der Waals surface area contributed by atoms with E-state index in [0.717, 1.165) is 113 Å². The highest BCUT2D eigenvalue weighted by Crippen LogP contribution is 2.28. The second-order valence-corrected chi connectivity index (χ2v) is 11.6. The maximum Gasteiger partial charge on any atom is 0.209 e. The molecule has 0 amide bonds. The molecule has 9 heteroatoms. The maximum atomic E-state index is 4.97. The van der Waals surface area contributed by atoms with Crippen molar-refractivity contribution in [2.45, 2.75) is 19.3 Å². The summed E-state index contributed by atoms with van der Waals surface area (Å²) in [6.07, 6.45) is 3.17. The minimum Gasteiger partial charge on any atom is -0.355 e. The van der Waals surface area contributed by atoms with Gasteiger partial charge in [0.05, 0.1) is 33.1 Å². The number of nitrogens with one attached hydrogen (secondary N) is 2. The van der Waals surface area contributed by atoms with Crippen molar-refractivity contribution in [1.29, 1.82) is 0 Å². The first kappa shape index (κ1) is 27.3. The Morgan fingerprint density at radius 3 is 1.51 bits per heavy atom. The Morgan fingerprint density at radius 2 is 0.956 bits per heavy atom. The van der Waals surface area contributed by atoms with E-state index < -0.39 is 0 Å². The van der Waals surface area contributed by atoms with Gasteiger partial charge in [-0.1, -0.05) is 48.5 Å². The molecule has 0 aliphatic rings. The van der Waals surface area contributed by atoms with Gasteiger partial charge < -0.3 is 15.5 Å². The van der Waals surface area contributed by atoms with Crippen LogP contribution in [-0.2, 0) is 0 Å². The molecule has 0 bridgehead atoms. The van der Waals surface area contributed by atoms with E-state index in [9.17, 15) is 0 Å². The van der Waals surface area contributed by atoms with Gasteiger partial charge in [0.2, 0.25) is 11.9 Å². The summed E-state index contributed by atoms with van der Waals surface area (Å²) < 4.78 is 4.31. The van der Waals surface area contributed by atoms with E-state index in [-0.39, 0.29) is 0 Å². The van der Waals surface area contributed by atoms with Gasteiger partial charge >= 0.3 is 0 Å². The summed E-state index contributed by atoms with van der Waals surface area (Å²) in [6.45, 7) is 3.74. The number of hydrogen-bond acceptors (Lipinski definition) is 7. The number of nitrogens with zero attached hydrogens (tertiary/aromatic N) is 7. The van der Waals surface area contributed by atoms with Crippen LogP contribution in [0.15, 0.2) is 97.1 Å². The van der Waals surface area contributed by atoms with Crippen molar-refractivity contribution in [2.75, 3.05) is 43.9 Å². The first-order valence-corrected chi connectivity index (χ1v) is 15.7. The molecular weight excluding hydrogens is 558 g/mol. The van der Waals surface area contributed by atoms with E-state index in [1.807, 2.05) is 36.4 Å². The van der Waals surface area contributed by atoms with Crippen LogP contribution in [0.1, 0.15) is 19.3 Å². The fourth-order valence-corrected chi connectivity index (χ4v) is 6.30. The zero-order valence-corrected chi connectivity index (χ0v) is 25.3. The molecule has 0 saturated carbocycles. The molecule has 0 spiro atoms. The summed E-state index contributed by atoms with van der Waals surface area (Å²) in [6, 6.07) is 33.0. The van der Waals surface area contributed by atoms with Crippen molar-refractivity contribution in [1.82, 2.24) is 33.6 Å². The van der Waals surface area contributed by atoms with Gasteiger partial charge in [-0.2, -0.15) is 0 Å². The van der Waals surface area contributed by atoms with Crippen LogP contribution in [0.5, 0.6) is 0 Å². The molecule has 4 aromatic carbocycles. The van der Waals surface area contributed by atoms with E-state index >= 15 is 0 Å². The average Bonchev–Trinajstić information content (AvgIpc) is 3.67. The number of hydrogen-bond donors (Lipinski definition) is 2. The number of fused-ring (bicyclic) bond motifs is 10. The van der Waals surface area contributed by atoms with E-state index in [0.29, 0.717) is 0 Å². The quantitative estimate of drug-likeness (QED) is 0.156. The van der Waals surface area contributed by atoms with Gasteiger partial charge in [0.15, 0.2) is 0 Å². The number of para-hydroxylation sites is 6. The van der Waals surface area contributed by atoms with Crippen LogP contribution < -0.4 is 10.6 Å². The number of unbranched alkanes of at least 4 members (excludes halogenated alkanes) is 1. The van der Waals surface area contributed by atoms with Crippen molar-refractivity contribution in [2.24, 2.45) is 0 Å². The molecule has 0 unspecified atom stereocenters. The van der Waals surface area contributed by atoms with Crippen LogP contribution in [0.3, 0.4) is 0 Å². The molecule has 0 aliphatic heterocycles. The highest BCUT2D eigenvalue weighted by Gasteiger charge is 2.15. The van der Waals surface area contributed by atoms with Crippen molar-refractivity contribution >= 4 is 67.1 Å². The number of anilines is 2. The Morgan fingerprint density at radius 1 is 0.511 bits per heavy atom. The predicted octanol–water partition coefficient (Wildman–Crippen LogP) is 7.01. The third-order valence-corrected chi connectivity index (χ3v) is 8.54. The number of rotatable bonds is 11. The van der Waals surface area contributed by atoms with Crippen molar-refractivity contribution in [3.05, 3.63) is 97.1 Å². The van der Waals surface area contributed by atoms with Gasteiger partial charge in [-0.15, -0.1) is 0 Å². The number of aromatic nitrogens is 6. The minimum absolute atomic E-state index is 0.835. The molecule has 2 N–H and O–H groups in total. The number of benzene rings is 4. The highest BCUT2D eigenvalue weighted by atomic mass is 15.2. The van der Waals surface area contributed by atoms with Gasteiger partial charge in [-0.05, 0) is 87.9 Å². The van der Waals surface area contributed by atoms with Crippen LogP contribution in [0, 0.1) is 0 Å². The Bertz CT molecular complexity index is 2300. The van der Waals surface area contributed by atoms with Crippen molar-refractivity contribution in [3.8, 4) is 0 Å². The molecule has 0 fully saturated rings. The van der Waals surface area contributed by atoms with Gasteiger partial charge in [-0.3, -0.25) is 8.80 Å². The highest BCUT2D eigenvalue weighted by molar-refractivity contribution is 5.98. The molecule has 4 aromatic heterocycles. The zero-order chi connectivity index (χ0) is 30.2. The SMILES string of the molecule is CN(CCCCNc1nc2ccccc2c2nc3ccccc3n12)CCCNc1nc2ccccc2c2nc3ccccc3n12. The molecule has 4 heterocycles. The Kier molecular flexibility index (Phi) is 7.07. The molecule has 0 aliphatic carbocycles. The fourth-order valence-electron chi connectivity index (χ4n) is 6.30. The molecule has 8 rings (SSSR count). The molecule has 0 atom stereocenters. The lowest BCUT2D eigenvalue weighted by molar-refractivity contribution is 0.326. The molecule has 8 aromatic rings. The predicted molar refractivity (Wildman–Crippen MR) is 184 cm³/mol. The summed E-state index contributed by atoms with van der Waals surface area (Å²) >= 11 is 0. The smallest absolute Gasteiger partial charge is 0.209 e. The lowest BCUT2D eigenvalue weighted by Crippen LogP contribution is -2.23. The second kappa shape index (κ2) is 11.7. The van der Waals surface area contributed by atoms with E-state index in [2.05, 4.69) is 92.0 Å². The van der Waals surface area contributed by atoms with Gasteiger partial charge in [0.25, 0.3) is 0 Å². The largest absolute Gasteiger partial charge is 0.355 e. The lowest BCUT2D eigenvalue weighted by Gasteiger charge is -2.17. The average molecular weight is 594 g/mol. The third kappa shape index (κ3) is 5.05. The first-order chi connectivity index (χ1) is 22.2. The molecular formula is C36H35N9. The van der Waals surface area contributed by atoms with Crippen LogP contribution in [0.4, 0.5) is 11.9 Å². The van der Waals surface area contributed by atoms with E-state index in [1.54, 1.807) is 0 Å². The molecule has 0 saturated heterocycles. The summed E-state index contributed by atoms with van der Waals surface area (Å²) in [5.74, 6) is 1.69. The minimum atomic E-state index is 0.835. The van der Waals surface area contributed by atoms with E-state index in [4.69, 9.17) is 19.9 Å². The standard InChI is InChI=1S/C36H35N9/c1-43(24-12-22-38-36-42-28-16-5-3-14-26(28)34-40-30-18-7-9-20-32(30)45(34)36)23-11-10-21-37-35-41-27-15-4-2-13-25(27)33-39-29-17-6-8-19-31(29)44(33)35/h2-9,13-20H,10-12,21-24H2,1H3,(H,37,41)(H,38,42). The van der Waals surface area contributed by atoms with Crippen LogP contribution in [-0.4, -0.2) is 66.9 Å². The molecule has 224 valence electrons. The Labute approximate surface area is 260 Å². The van der Waals surface area contributed by atoms with Gasteiger partial charge in [-0.25, -0.2) is 19.9 Å². The molecule has 45 heavy (non-hydrogen) atoms. The zero-order valence-electron chi connectivity index (χ0n) is 25.3. The lowest BCUT2D eigenvalue weighted by atomic mass is 10.2. The first-order valence-electron chi connectivity index (χ1n) is 15.7. The topological polar surface area (TPSA) is 87.7 Å².